The molecule has 1 aliphatic heterocycles. The second kappa shape index (κ2) is 13.4. The maximum Gasteiger partial charge on any atom is 0.191 e. The second-order valence-corrected chi connectivity index (χ2v) is 6.90. The highest BCUT2D eigenvalue weighted by molar-refractivity contribution is 5.79. The van der Waals surface area contributed by atoms with Crippen LogP contribution in [-0.4, -0.2) is 76.6 Å². The van der Waals surface area contributed by atoms with Gasteiger partial charge in [-0.15, -0.1) is 0 Å². The fourth-order valence-electron chi connectivity index (χ4n) is 2.99. The SMILES string of the molecule is CCNC(=NCC(C)N1CCOCC1)NCCCOCc1ccc(OC)cc1. The third-order valence-electron chi connectivity index (χ3n) is 4.71. The van der Waals surface area contributed by atoms with Gasteiger partial charge in [-0.3, -0.25) is 9.89 Å². The van der Waals surface area contributed by atoms with Crippen molar-refractivity contribution in [3.8, 4) is 5.75 Å². The number of nitrogens with zero attached hydrogens (tertiary/aromatic N) is 2. The van der Waals surface area contributed by atoms with E-state index in [4.69, 9.17) is 19.2 Å². The van der Waals surface area contributed by atoms with Gasteiger partial charge in [0.05, 0.1) is 33.5 Å². The number of benzene rings is 1. The fraction of sp³-hybridized carbons (Fsp3) is 0.667. The molecule has 0 bridgehead atoms. The zero-order valence-corrected chi connectivity index (χ0v) is 17.6. The van der Waals surface area contributed by atoms with Gasteiger partial charge in [-0.25, -0.2) is 0 Å². The average molecular weight is 393 g/mol. The van der Waals surface area contributed by atoms with Crippen molar-refractivity contribution in [3.63, 3.8) is 0 Å². The first-order valence-electron chi connectivity index (χ1n) is 10.3. The predicted octanol–water partition coefficient (Wildman–Crippen LogP) is 1.88. The monoisotopic (exact) mass is 392 g/mol. The number of aliphatic imine (C=N–C) groups is 1. The van der Waals surface area contributed by atoms with Crippen LogP contribution in [0.3, 0.4) is 0 Å². The summed E-state index contributed by atoms with van der Waals surface area (Å²) >= 11 is 0. The van der Waals surface area contributed by atoms with E-state index in [1.807, 2.05) is 24.3 Å². The number of hydrogen-bond acceptors (Lipinski definition) is 5. The van der Waals surface area contributed by atoms with Crippen LogP contribution < -0.4 is 15.4 Å². The summed E-state index contributed by atoms with van der Waals surface area (Å²) in [5.74, 6) is 1.74. The molecule has 158 valence electrons. The Morgan fingerprint density at radius 1 is 1.21 bits per heavy atom. The fourth-order valence-corrected chi connectivity index (χ4v) is 2.99. The number of morpholine rings is 1. The molecule has 2 N–H and O–H groups in total. The van der Waals surface area contributed by atoms with E-state index in [1.165, 1.54) is 0 Å². The summed E-state index contributed by atoms with van der Waals surface area (Å²) in [5, 5.41) is 6.70. The third kappa shape index (κ3) is 8.46. The van der Waals surface area contributed by atoms with Gasteiger partial charge in [0.2, 0.25) is 0 Å². The van der Waals surface area contributed by atoms with Gasteiger partial charge in [-0.05, 0) is 38.0 Å². The number of methoxy groups -OCH3 is 1. The van der Waals surface area contributed by atoms with Crippen molar-refractivity contribution < 1.29 is 14.2 Å². The molecule has 7 heteroatoms. The van der Waals surface area contributed by atoms with E-state index in [2.05, 4.69) is 29.4 Å². The summed E-state index contributed by atoms with van der Waals surface area (Å²) < 4.78 is 16.3. The van der Waals surface area contributed by atoms with Gasteiger partial charge < -0.3 is 24.8 Å². The Morgan fingerprint density at radius 2 is 1.96 bits per heavy atom. The van der Waals surface area contributed by atoms with Crippen molar-refractivity contribution in [1.29, 1.82) is 0 Å². The molecule has 1 unspecified atom stereocenters. The topological polar surface area (TPSA) is 67.4 Å². The molecule has 1 aliphatic rings. The van der Waals surface area contributed by atoms with E-state index in [-0.39, 0.29) is 0 Å². The van der Waals surface area contributed by atoms with Gasteiger partial charge in [0.15, 0.2) is 5.96 Å². The first-order chi connectivity index (χ1) is 13.7. The first kappa shape index (κ1) is 22.5. The van der Waals surface area contributed by atoms with Crippen LogP contribution in [0.4, 0.5) is 0 Å². The van der Waals surface area contributed by atoms with E-state index in [9.17, 15) is 0 Å². The molecular weight excluding hydrogens is 356 g/mol. The lowest BCUT2D eigenvalue weighted by atomic mass is 10.2. The van der Waals surface area contributed by atoms with Gasteiger partial charge in [0.25, 0.3) is 0 Å². The number of ether oxygens (including phenoxy) is 3. The average Bonchev–Trinajstić information content (AvgIpc) is 2.75. The quantitative estimate of drug-likeness (QED) is 0.341. The van der Waals surface area contributed by atoms with E-state index in [0.29, 0.717) is 19.3 Å². The van der Waals surface area contributed by atoms with Crippen LogP contribution in [0.25, 0.3) is 0 Å². The number of guanidine groups is 1. The summed E-state index contributed by atoms with van der Waals surface area (Å²) in [4.78, 5) is 7.16. The molecule has 1 atom stereocenters. The van der Waals surface area contributed by atoms with Gasteiger partial charge in [-0.2, -0.15) is 0 Å². The minimum absolute atomic E-state index is 0.423. The van der Waals surface area contributed by atoms with Crippen LogP contribution in [0.15, 0.2) is 29.3 Å². The van der Waals surface area contributed by atoms with Crippen LogP contribution in [0.5, 0.6) is 5.75 Å². The lowest BCUT2D eigenvalue weighted by Crippen LogP contribution is -2.44. The van der Waals surface area contributed by atoms with Crippen molar-refractivity contribution in [1.82, 2.24) is 15.5 Å². The van der Waals surface area contributed by atoms with E-state index < -0.39 is 0 Å². The Labute approximate surface area is 169 Å². The summed E-state index contributed by atoms with van der Waals surface area (Å²) in [6.07, 6.45) is 0.930. The van der Waals surface area contributed by atoms with E-state index >= 15 is 0 Å². The standard InChI is InChI=1S/C21H36N4O3/c1-4-22-21(24-16-18(2)25-11-14-27-15-12-25)23-10-5-13-28-17-19-6-8-20(26-3)9-7-19/h6-9,18H,4-5,10-17H2,1-3H3,(H2,22,23,24). The zero-order valence-electron chi connectivity index (χ0n) is 17.6. The van der Waals surface area contributed by atoms with Crippen LogP contribution >= 0.6 is 0 Å². The van der Waals surface area contributed by atoms with Crippen molar-refractivity contribution in [3.05, 3.63) is 29.8 Å². The Balaban J connectivity index is 1.62. The van der Waals surface area contributed by atoms with Crippen LogP contribution in [-0.2, 0) is 16.1 Å². The van der Waals surface area contributed by atoms with Crippen LogP contribution in [0, 0.1) is 0 Å². The number of hydrogen-bond donors (Lipinski definition) is 2. The van der Waals surface area contributed by atoms with Crippen molar-refractivity contribution >= 4 is 5.96 Å². The number of rotatable bonds is 11. The van der Waals surface area contributed by atoms with Crippen LogP contribution in [0.1, 0.15) is 25.8 Å². The van der Waals surface area contributed by atoms with Gasteiger partial charge >= 0.3 is 0 Å². The smallest absolute Gasteiger partial charge is 0.191 e. The molecule has 2 rings (SSSR count). The first-order valence-corrected chi connectivity index (χ1v) is 10.3. The molecule has 7 nitrogen and oxygen atoms in total. The molecule has 0 saturated carbocycles. The Morgan fingerprint density at radius 3 is 2.64 bits per heavy atom. The van der Waals surface area contributed by atoms with Crippen molar-refractivity contribution in [2.45, 2.75) is 32.9 Å². The zero-order chi connectivity index (χ0) is 20.0. The molecule has 1 saturated heterocycles. The lowest BCUT2D eigenvalue weighted by Gasteiger charge is -2.31. The van der Waals surface area contributed by atoms with Crippen molar-refractivity contribution in [2.24, 2.45) is 4.99 Å². The molecule has 0 radical (unpaired) electrons. The van der Waals surface area contributed by atoms with Crippen molar-refractivity contribution in [2.75, 3.05) is 59.7 Å². The summed E-state index contributed by atoms with van der Waals surface area (Å²) in [7, 11) is 1.67. The maximum atomic E-state index is 5.75. The highest BCUT2D eigenvalue weighted by Crippen LogP contribution is 2.11. The highest BCUT2D eigenvalue weighted by atomic mass is 16.5. The van der Waals surface area contributed by atoms with Gasteiger partial charge in [0, 0.05) is 38.8 Å². The summed E-state index contributed by atoms with van der Waals surface area (Å²) in [6, 6.07) is 8.40. The molecule has 0 aromatic heterocycles. The second-order valence-electron chi connectivity index (χ2n) is 6.90. The maximum absolute atomic E-state index is 5.75. The molecule has 1 heterocycles. The predicted molar refractivity (Wildman–Crippen MR) is 113 cm³/mol. The number of nitrogens with one attached hydrogen (secondary N) is 2. The molecule has 0 amide bonds. The van der Waals surface area contributed by atoms with E-state index in [0.717, 1.165) is 69.6 Å². The summed E-state index contributed by atoms with van der Waals surface area (Å²) in [5.41, 5.74) is 1.15. The summed E-state index contributed by atoms with van der Waals surface area (Å²) in [6.45, 7) is 11.7. The largest absolute Gasteiger partial charge is 0.497 e. The Kier molecular flexibility index (Phi) is 10.7. The van der Waals surface area contributed by atoms with Gasteiger partial charge in [0.1, 0.15) is 5.75 Å². The normalized spacial score (nSPS) is 16.6. The third-order valence-corrected chi connectivity index (χ3v) is 4.71. The molecule has 1 aromatic carbocycles. The lowest BCUT2D eigenvalue weighted by molar-refractivity contribution is 0.0220. The molecule has 0 spiro atoms. The molecule has 28 heavy (non-hydrogen) atoms. The molecular formula is C21H36N4O3. The highest BCUT2D eigenvalue weighted by Gasteiger charge is 2.16. The van der Waals surface area contributed by atoms with Crippen LogP contribution in [0.2, 0.25) is 0 Å². The molecule has 1 aromatic rings. The molecule has 0 aliphatic carbocycles. The minimum atomic E-state index is 0.423. The molecule has 1 fully saturated rings. The minimum Gasteiger partial charge on any atom is -0.497 e. The van der Waals surface area contributed by atoms with E-state index in [1.54, 1.807) is 7.11 Å². The Bertz CT molecular complexity index is 559. The van der Waals surface area contributed by atoms with Gasteiger partial charge in [-0.1, -0.05) is 12.1 Å². The Hall–Kier alpha value is -1.83.